The summed E-state index contributed by atoms with van der Waals surface area (Å²) in [6.45, 7) is 1.65. The number of nitrogens with zero attached hydrogens (tertiary/aromatic N) is 1. The highest BCUT2D eigenvalue weighted by molar-refractivity contribution is 5.84. The first-order valence-corrected chi connectivity index (χ1v) is 6.40. The van der Waals surface area contributed by atoms with Crippen molar-refractivity contribution in [2.45, 2.75) is 37.8 Å². The number of hydrogen-bond acceptors (Lipinski definition) is 3. The first-order chi connectivity index (χ1) is 8.33. The number of nitrogens with one attached hydrogen (secondary N) is 1. The smallest absolute Gasteiger partial charge is 0.239 e. The molecule has 0 aromatic carbocycles. The maximum absolute atomic E-state index is 12.1. The molecule has 92 valence electrons. The number of likely N-dealkylation sites (tertiary alicyclic amines) is 1. The lowest BCUT2D eigenvalue weighted by Gasteiger charge is -2.16. The molecule has 4 heteroatoms. The van der Waals surface area contributed by atoms with E-state index in [2.05, 4.69) is 5.32 Å². The number of rotatable bonds is 5. The van der Waals surface area contributed by atoms with Gasteiger partial charge in [0.25, 0.3) is 0 Å². The summed E-state index contributed by atoms with van der Waals surface area (Å²) in [5.74, 6) is 1.22. The summed E-state index contributed by atoms with van der Waals surface area (Å²) in [7, 11) is 0. The molecular formula is C13H18N2O2. The maximum Gasteiger partial charge on any atom is 0.239 e. The van der Waals surface area contributed by atoms with Gasteiger partial charge in [-0.1, -0.05) is 0 Å². The molecule has 3 rings (SSSR count). The molecule has 2 aliphatic rings. The molecule has 0 radical (unpaired) electrons. The summed E-state index contributed by atoms with van der Waals surface area (Å²) < 4.78 is 5.28. The van der Waals surface area contributed by atoms with E-state index in [4.69, 9.17) is 4.42 Å². The van der Waals surface area contributed by atoms with Gasteiger partial charge in [0.05, 0.1) is 12.3 Å². The van der Waals surface area contributed by atoms with Crippen LogP contribution in [0, 0.1) is 0 Å². The van der Waals surface area contributed by atoms with Crippen LogP contribution in [-0.2, 0) is 11.2 Å². The van der Waals surface area contributed by atoms with Crippen LogP contribution in [-0.4, -0.2) is 36.0 Å². The zero-order chi connectivity index (χ0) is 11.7. The molecule has 1 unspecified atom stereocenters. The van der Waals surface area contributed by atoms with Gasteiger partial charge in [-0.05, 0) is 31.4 Å². The molecule has 2 heterocycles. The van der Waals surface area contributed by atoms with E-state index in [9.17, 15) is 4.79 Å². The minimum absolute atomic E-state index is 0.0686. The van der Waals surface area contributed by atoms with Crippen molar-refractivity contribution in [3.8, 4) is 0 Å². The van der Waals surface area contributed by atoms with E-state index in [0.717, 1.165) is 31.7 Å². The third kappa shape index (κ3) is 2.52. The average Bonchev–Trinajstić information content (AvgIpc) is 2.86. The van der Waals surface area contributed by atoms with Crippen LogP contribution >= 0.6 is 0 Å². The molecule has 0 spiro atoms. The van der Waals surface area contributed by atoms with Crippen molar-refractivity contribution in [3.63, 3.8) is 0 Å². The van der Waals surface area contributed by atoms with E-state index in [1.54, 1.807) is 6.26 Å². The summed E-state index contributed by atoms with van der Waals surface area (Å²) in [5, 5.41) is 3.41. The average molecular weight is 234 g/mol. The van der Waals surface area contributed by atoms with Crippen LogP contribution in [0.5, 0.6) is 0 Å². The maximum atomic E-state index is 12.1. The SMILES string of the molecule is O=C1C(NC2CC2)CCN1CCc1ccco1. The zero-order valence-electron chi connectivity index (χ0n) is 9.89. The van der Waals surface area contributed by atoms with Gasteiger partial charge in [-0.15, -0.1) is 0 Å². The van der Waals surface area contributed by atoms with Gasteiger partial charge in [-0.25, -0.2) is 0 Å². The quantitative estimate of drug-likeness (QED) is 0.832. The molecule has 1 aromatic heterocycles. The Balaban J connectivity index is 1.49. The minimum Gasteiger partial charge on any atom is -0.469 e. The van der Waals surface area contributed by atoms with E-state index in [-0.39, 0.29) is 11.9 Å². The summed E-state index contributed by atoms with van der Waals surface area (Å²) in [5.41, 5.74) is 0. The third-order valence-electron chi connectivity index (χ3n) is 3.52. The lowest BCUT2D eigenvalue weighted by molar-refractivity contribution is -0.129. The fourth-order valence-electron chi connectivity index (χ4n) is 2.35. The van der Waals surface area contributed by atoms with Crippen LogP contribution in [0.2, 0.25) is 0 Å². The van der Waals surface area contributed by atoms with E-state index in [1.165, 1.54) is 12.8 Å². The van der Waals surface area contributed by atoms with Crippen molar-refractivity contribution in [3.05, 3.63) is 24.2 Å². The predicted octanol–water partition coefficient (Wildman–Crippen LogP) is 1.17. The van der Waals surface area contributed by atoms with Gasteiger partial charge in [0.15, 0.2) is 0 Å². The predicted molar refractivity (Wildman–Crippen MR) is 63.6 cm³/mol. The second-order valence-corrected chi connectivity index (χ2v) is 4.94. The highest BCUT2D eigenvalue weighted by atomic mass is 16.3. The number of carbonyl (C=O) groups excluding carboxylic acids is 1. The molecule has 1 saturated heterocycles. The second-order valence-electron chi connectivity index (χ2n) is 4.94. The van der Waals surface area contributed by atoms with E-state index in [1.807, 2.05) is 17.0 Å². The van der Waals surface area contributed by atoms with Crippen LogP contribution in [0.4, 0.5) is 0 Å². The van der Waals surface area contributed by atoms with Crippen molar-refractivity contribution in [2.24, 2.45) is 0 Å². The fraction of sp³-hybridized carbons (Fsp3) is 0.615. The lowest BCUT2D eigenvalue weighted by atomic mass is 10.2. The largest absolute Gasteiger partial charge is 0.469 e. The van der Waals surface area contributed by atoms with Crippen molar-refractivity contribution in [2.75, 3.05) is 13.1 Å². The Kier molecular flexibility index (Phi) is 2.89. The van der Waals surface area contributed by atoms with Crippen molar-refractivity contribution < 1.29 is 9.21 Å². The Morgan fingerprint density at radius 3 is 3.00 bits per heavy atom. The van der Waals surface area contributed by atoms with Gasteiger partial charge < -0.3 is 14.6 Å². The third-order valence-corrected chi connectivity index (χ3v) is 3.52. The van der Waals surface area contributed by atoms with E-state index < -0.39 is 0 Å². The molecule has 1 N–H and O–H groups in total. The molecule has 1 amide bonds. The normalized spacial score (nSPS) is 24.6. The first kappa shape index (κ1) is 10.8. The summed E-state index contributed by atoms with van der Waals surface area (Å²) in [6.07, 6.45) is 5.91. The van der Waals surface area contributed by atoms with Gasteiger partial charge in [0, 0.05) is 25.6 Å². The summed E-state index contributed by atoms with van der Waals surface area (Å²) >= 11 is 0. The van der Waals surface area contributed by atoms with Gasteiger partial charge in [-0.3, -0.25) is 4.79 Å². The monoisotopic (exact) mass is 234 g/mol. The molecule has 1 aromatic rings. The van der Waals surface area contributed by atoms with Crippen LogP contribution in [0.25, 0.3) is 0 Å². The minimum atomic E-state index is 0.0686. The highest BCUT2D eigenvalue weighted by Crippen LogP contribution is 2.22. The molecule has 1 saturated carbocycles. The van der Waals surface area contributed by atoms with Gasteiger partial charge in [0.1, 0.15) is 5.76 Å². The van der Waals surface area contributed by atoms with Crippen molar-refractivity contribution in [1.29, 1.82) is 0 Å². The number of carbonyl (C=O) groups is 1. The Labute approximate surface area is 101 Å². The van der Waals surface area contributed by atoms with E-state index >= 15 is 0 Å². The molecule has 2 fully saturated rings. The Morgan fingerprint density at radius 1 is 1.41 bits per heavy atom. The van der Waals surface area contributed by atoms with E-state index in [0.29, 0.717) is 6.04 Å². The van der Waals surface area contributed by atoms with Gasteiger partial charge in [0.2, 0.25) is 5.91 Å². The van der Waals surface area contributed by atoms with Crippen molar-refractivity contribution >= 4 is 5.91 Å². The number of furan rings is 1. The van der Waals surface area contributed by atoms with Gasteiger partial charge in [-0.2, -0.15) is 0 Å². The highest BCUT2D eigenvalue weighted by Gasteiger charge is 2.35. The number of amides is 1. The summed E-state index contributed by atoms with van der Waals surface area (Å²) in [4.78, 5) is 14.0. The molecule has 1 aliphatic heterocycles. The molecule has 4 nitrogen and oxygen atoms in total. The topological polar surface area (TPSA) is 45.5 Å². The summed E-state index contributed by atoms with van der Waals surface area (Å²) in [6, 6.07) is 4.52. The Morgan fingerprint density at radius 2 is 2.29 bits per heavy atom. The van der Waals surface area contributed by atoms with Crippen LogP contribution in [0.15, 0.2) is 22.8 Å². The molecule has 0 bridgehead atoms. The Hall–Kier alpha value is -1.29. The number of hydrogen-bond donors (Lipinski definition) is 1. The van der Waals surface area contributed by atoms with Crippen LogP contribution in [0.1, 0.15) is 25.0 Å². The molecular weight excluding hydrogens is 216 g/mol. The zero-order valence-corrected chi connectivity index (χ0v) is 9.89. The molecule has 17 heavy (non-hydrogen) atoms. The van der Waals surface area contributed by atoms with Crippen LogP contribution in [0.3, 0.4) is 0 Å². The first-order valence-electron chi connectivity index (χ1n) is 6.40. The Bertz CT molecular complexity index is 384. The molecule has 1 atom stereocenters. The second kappa shape index (κ2) is 4.53. The fourth-order valence-corrected chi connectivity index (χ4v) is 2.35. The van der Waals surface area contributed by atoms with Gasteiger partial charge >= 0.3 is 0 Å². The van der Waals surface area contributed by atoms with Crippen molar-refractivity contribution in [1.82, 2.24) is 10.2 Å². The molecule has 1 aliphatic carbocycles. The standard InChI is InChI=1S/C13H18N2O2/c16-13-12(14-10-3-4-10)6-8-15(13)7-5-11-2-1-9-17-11/h1-2,9-10,12,14H,3-8H2. The lowest BCUT2D eigenvalue weighted by Crippen LogP contribution is -2.39. The van der Waals surface area contributed by atoms with Crippen LogP contribution < -0.4 is 5.32 Å².